The van der Waals surface area contributed by atoms with E-state index >= 15 is 0 Å². The molecule has 0 bridgehead atoms. The van der Waals surface area contributed by atoms with Gasteiger partial charge in [-0.1, -0.05) is 259 Å². The topological polar surface area (TPSA) is 251 Å². The van der Waals surface area contributed by atoms with Gasteiger partial charge in [-0.05, 0) is 278 Å². The Balaban J connectivity index is 0.000000173. The van der Waals surface area contributed by atoms with Gasteiger partial charge in [0, 0.05) is 58.4 Å². The number of esters is 2. The second kappa shape index (κ2) is 58.4. The monoisotopic (exact) mass is 1970 g/mol. The van der Waals surface area contributed by atoms with Crippen molar-refractivity contribution in [3.63, 3.8) is 0 Å². The molecule has 13 aromatic carbocycles. The van der Waals surface area contributed by atoms with Crippen LogP contribution in [0.1, 0.15) is 239 Å². The number of fused-ring (bicyclic) bond motifs is 5. The van der Waals surface area contributed by atoms with Crippen molar-refractivity contribution in [2.24, 2.45) is 17.8 Å². The standard InChI is InChI=1S/C28H34O4.C26H30O4.C25H29NO4.C22H28N2O3.C22H26O4/c1-5-21(4)23-17-18-26(25-15-10-9-14-24(23)25)32-28(20(2)3)30-19-11-16-27(29)31-22-12-7-6-8-13-22;1-5-18(2)22-8-6-10-24-23(22)9-7-11-26(24)30-19(3)29-17-16-25(27)20-12-14-21(28-4)15-13-20;1-4-18(2)21-12-8-14-23-22(21)13-9-15-24(23)30-19(3)28-16-17-29-25(27)26-20-10-6-5-7-11-20;1-15-13-18-14-20(9-10-21(18)16(15)2)27-17(3)26-12-11-23-22(25)24-19-7-5-4-6-8-19;1-15-13-19-14-20(9-10-21(19)16(15)2)26-17(3)24-11-12-25-22(23)18-7-5-4-6-8-18/h6-10,12-15,17-18,20-21,28H,5,11,16,19H2,1-4H3;6-15,18-19H,5,16-17H2,1-4H3;5-15,18-19H,4,16-17H2,1-3H3,(H,26,27);4-10,14-17H,11-13H2,1-3H3,(H2,23,24,25);4-10,14-17H,11-13H2,1-3H3. The third kappa shape index (κ3) is 34.8. The van der Waals surface area contributed by atoms with Crippen LogP contribution in [0.2, 0.25) is 0 Å². The van der Waals surface area contributed by atoms with Crippen LogP contribution in [0.25, 0.3) is 32.3 Å². The zero-order valence-electron chi connectivity index (χ0n) is 87.3. The summed E-state index contributed by atoms with van der Waals surface area (Å²) in [6.07, 6.45) is 4.03. The van der Waals surface area contributed by atoms with Crippen LogP contribution in [0.15, 0.2) is 291 Å². The van der Waals surface area contributed by atoms with Crippen LogP contribution < -0.4 is 49.1 Å². The summed E-state index contributed by atoms with van der Waals surface area (Å²) in [7, 11) is 1.60. The van der Waals surface area contributed by atoms with Crippen molar-refractivity contribution in [3.05, 3.63) is 341 Å². The molecule has 2 aliphatic carbocycles. The molecule has 0 fully saturated rings. The van der Waals surface area contributed by atoms with Crippen molar-refractivity contribution in [1.82, 2.24) is 5.32 Å². The maximum absolute atomic E-state index is 12.3. The van der Waals surface area contributed by atoms with Gasteiger partial charge in [-0.3, -0.25) is 14.9 Å². The van der Waals surface area contributed by atoms with E-state index in [2.05, 4.69) is 202 Å². The van der Waals surface area contributed by atoms with Crippen LogP contribution in [-0.2, 0) is 50.8 Å². The molecule has 12 unspecified atom stereocenters. The molecule has 0 radical (unpaired) electrons. The van der Waals surface area contributed by atoms with Gasteiger partial charge in [0.05, 0.1) is 45.7 Å². The van der Waals surface area contributed by atoms with Crippen molar-refractivity contribution in [2.75, 3.05) is 70.5 Å². The Hall–Kier alpha value is -13.6. The Bertz CT molecular complexity index is 6170. The lowest BCUT2D eigenvalue weighted by atomic mass is 9.92. The van der Waals surface area contributed by atoms with Crippen molar-refractivity contribution >= 4 is 73.5 Å². The van der Waals surface area contributed by atoms with E-state index in [4.69, 9.17) is 66.3 Å². The molecular formula is C123H147N3O19. The minimum atomic E-state index is -0.509. The zero-order chi connectivity index (χ0) is 104. The molecule has 3 amide bonds. The Morgan fingerprint density at radius 3 is 1.28 bits per heavy atom. The third-order valence-electron chi connectivity index (χ3n) is 26.2. The lowest BCUT2D eigenvalue weighted by Crippen LogP contribution is -2.32. The number of para-hydroxylation sites is 3. The number of carbonyl (C=O) groups excluding carboxylic acids is 5. The molecule has 145 heavy (non-hydrogen) atoms. The Morgan fingerprint density at radius 1 is 0.352 bits per heavy atom. The fourth-order valence-electron chi connectivity index (χ4n) is 17.2. The van der Waals surface area contributed by atoms with Crippen LogP contribution in [0.5, 0.6) is 40.2 Å². The van der Waals surface area contributed by atoms with E-state index in [1.807, 2.05) is 143 Å². The third-order valence-corrected chi connectivity index (χ3v) is 26.2. The Labute approximate surface area is 857 Å². The normalized spacial score (nSPS) is 15.4. The summed E-state index contributed by atoms with van der Waals surface area (Å²) in [4.78, 5) is 59.8. The number of ketones is 1. The van der Waals surface area contributed by atoms with Gasteiger partial charge in [0.25, 0.3) is 0 Å². The number of methoxy groups -OCH3 is 1. The largest absolute Gasteiger partial charge is 0.497 e. The van der Waals surface area contributed by atoms with Crippen LogP contribution >= 0.6 is 0 Å². The number of urea groups is 1. The highest BCUT2D eigenvalue weighted by molar-refractivity contribution is 5.97. The molecule has 0 saturated heterocycles. The maximum Gasteiger partial charge on any atom is 0.411 e. The van der Waals surface area contributed by atoms with Crippen LogP contribution in [0.4, 0.5) is 21.0 Å². The lowest BCUT2D eigenvalue weighted by Gasteiger charge is -2.24. The zero-order valence-corrected chi connectivity index (χ0v) is 87.3. The number of benzene rings is 13. The quantitative estimate of drug-likeness (QED) is 0.0105. The van der Waals surface area contributed by atoms with E-state index in [1.54, 1.807) is 79.9 Å². The smallest absolute Gasteiger partial charge is 0.411 e. The number of nitrogens with one attached hydrogen (secondary N) is 3. The first kappa shape index (κ1) is 112. The van der Waals surface area contributed by atoms with E-state index in [0.717, 1.165) is 88.4 Å². The van der Waals surface area contributed by atoms with Gasteiger partial charge in [-0.15, -0.1) is 0 Å². The van der Waals surface area contributed by atoms with Crippen molar-refractivity contribution in [1.29, 1.82) is 0 Å². The fourth-order valence-corrected chi connectivity index (χ4v) is 17.2. The molecule has 3 N–H and O–H groups in total. The van der Waals surface area contributed by atoms with Crippen molar-refractivity contribution in [3.8, 4) is 40.2 Å². The molecule has 2 aliphatic rings. The number of hydrogen-bond donors (Lipinski definition) is 3. The summed E-state index contributed by atoms with van der Waals surface area (Å²) in [5.74, 6) is 8.98. The molecule has 0 spiro atoms. The molecule has 0 aromatic heterocycles. The van der Waals surface area contributed by atoms with Crippen molar-refractivity contribution < 1.29 is 90.3 Å². The molecule has 22 heteroatoms. The average molecular weight is 1970 g/mol. The summed E-state index contributed by atoms with van der Waals surface area (Å²) in [5.41, 5.74) is 12.2. The molecule has 15 rings (SSSR count). The predicted octanol–water partition coefficient (Wildman–Crippen LogP) is 29.0. The molecular weight excluding hydrogens is 1820 g/mol. The molecule has 0 saturated carbocycles. The van der Waals surface area contributed by atoms with Crippen LogP contribution in [-0.4, -0.2) is 121 Å². The van der Waals surface area contributed by atoms with Gasteiger partial charge in [0.2, 0.25) is 6.29 Å². The van der Waals surface area contributed by atoms with Gasteiger partial charge in [-0.25, -0.2) is 14.4 Å². The van der Waals surface area contributed by atoms with Crippen molar-refractivity contribution in [2.45, 2.75) is 223 Å². The maximum atomic E-state index is 12.3. The number of anilines is 2. The van der Waals surface area contributed by atoms with E-state index in [0.29, 0.717) is 116 Å². The SMILES string of the molecule is CC(OCCNC(=O)Nc1ccccc1)Oc1ccc2c(c1)CC(C)C2C.CC(OCCOC(=O)c1ccccc1)Oc1ccc2c(c1)CC(C)C2C.CCC(C)c1ccc(OC(OCCCC(=O)Oc2ccccc2)C(C)C)c2ccccc12.CCC(C)c1cccc2c(OC(C)OCCC(=O)c3ccc(OC)cc3)cccc12.CCC(C)c1cccc2c(OC(C)OCCOC(=O)Nc3ccccc3)cccc12. The molecule has 0 aliphatic heterocycles. The first-order valence-corrected chi connectivity index (χ1v) is 51.1. The predicted molar refractivity (Wildman–Crippen MR) is 578 cm³/mol. The number of carbonyl (C=O) groups is 5. The molecule has 12 atom stereocenters. The van der Waals surface area contributed by atoms with Gasteiger partial charge in [-0.2, -0.15) is 0 Å². The summed E-state index contributed by atoms with van der Waals surface area (Å²) in [6, 6.07) is 93.5. The first-order chi connectivity index (χ1) is 70.2. The molecule has 0 heterocycles. The lowest BCUT2D eigenvalue weighted by molar-refractivity contribution is -0.136. The van der Waals surface area contributed by atoms with E-state index < -0.39 is 31.3 Å². The molecule has 13 aromatic rings. The number of rotatable bonds is 44. The summed E-state index contributed by atoms with van der Waals surface area (Å²) in [5, 5.41) is 15.1. The highest BCUT2D eigenvalue weighted by atomic mass is 16.7. The highest BCUT2D eigenvalue weighted by Crippen LogP contribution is 2.43. The average Bonchev–Trinajstić information content (AvgIpc) is 1.78. The number of amides is 3. The van der Waals surface area contributed by atoms with Crippen LogP contribution in [0, 0.1) is 17.8 Å². The van der Waals surface area contributed by atoms with E-state index in [1.165, 1.54) is 55.1 Å². The fraction of sp³-hybridized carbons (Fsp3) is 0.374. The van der Waals surface area contributed by atoms with Gasteiger partial charge >= 0.3 is 24.1 Å². The number of Topliss-reactive ketones (excluding diaryl/α,β-unsaturated/α-hetero) is 1. The number of hydrogen-bond acceptors (Lipinski definition) is 19. The van der Waals surface area contributed by atoms with E-state index in [-0.39, 0.29) is 55.8 Å². The first-order valence-electron chi connectivity index (χ1n) is 51.1. The summed E-state index contributed by atoms with van der Waals surface area (Å²) in [6.45, 7) is 36.4. The second-order valence-corrected chi connectivity index (χ2v) is 37.2. The van der Waals surface area contributed by atoms with Gasteiger partial charge in [0.15, 0.2) is 30.9 Å². The minimum absolute atomic E-state index is 0.0354. The molecule has 768 valence electrons. The Morgan fingerprint density at radius 2 is 0.772 bits per heavy atom. The number of ether oxygens (including phenoxy) is 14. The Kier molecular flexibility index (Phi) is 45.0. The summed E-state index contributed by atoms with van der Waals surface area (Å²) < 4.78 is 79.6. The second-order valence-electron chi connectivity index (χ2n) is 37.2. The van der Waals surface area contributed by atoms with Gasteiger partial charge in [0.1, 0.15) is 53.5 Å². The van der Waals surface area contributed by atoms with E-state index in [9.17, 15) is 24.0 Å². The highest BCUT2D eigenvalue weighted by Gasteiger charge is 2.29. The minimum Gasteiger partial charge on any atom is -0.497 e. The van der Waals surface area contributed by atoms with Crippen LogP contribution in [0.3, 0.4) is 0 Å². The van der Waals surface area contributed by atoms with Gasteiger partial charge < -0.3 is 76.9 Å². The molecule has 22 nitrogen and oxygen atoms in total. The summed E-state index contributed by atoms with van der Waals surface area (Å²) >= 11 is 0.